The van der Waals surface area contributed by atoms with Gasteiger partial charge in [-0.2, -0.15) is 0 Å². The number of carbonyl (C=O) groups is 2. The van der Waals surface area contributed by atoms with E-state index in [-0.39, 0.29) is 12.2 Å². The third-order valence-corrected chi connectivity index (χ3v) is 4.43. The summed E-state index contributed by atoms with van der Waals surface area (Å²) in [5.41, 5.74) is 0.387. The molecule has 1 aromatic heterocycles. The molecule has 1 N–H and O–H groups in total. The first-order valence-corrected chi connectivity index (χ1v) is 7.55. The fraction of sp³-hybridized carbons (Fsp3) is 0.312. The standard InChI is InChI=1S/C16H16N4O5/c1-9-13(10(2)25-18-9)8-19-14(21)16(3,17-15(19)22)11-4-6-12(7-5-11)20(23)24/h4-7H,8H2,1-3H3,(H,17,22). The van der Waals surface area contributed by atoms with Crippen molar-refractivity contribution in [3.63, 3.8) is 0 Å². The lowest BCUT2D eigenvalue weighted by atomic mass is 9.92. The molecule has 0 aliphatic carbocycles. The first-order valence-electron chi connectivity index (χ1n) is 7.55. The maximum Gasteiger partial charge on any atom is 0.325 e. The summed E-state index contributed by atoms with van der Waals surface area (Å²) < 4.78 is 5.06. The maximum atomic E-state index is 12.9. The van der Waals surface area contributed by atoms with E-state index in [2.05, 4.69) is 10.5 Å². The number of nitrogens with zero attached hydrogens (tertiary/aromatic N) is 3. The molecule has 0 saturated carbocycles. The van der Waals surface area contributed by atoms with Crippen LogP contribution in [0.3, 0.4) is 0 Å². The second kappa shape index (κ2) is 5.69. The first-order chi connectivity index (χ1) is 11.7. The number of aromatic nitrogens is 1. The Morgan fingerprint density at radius 1 is 1.28 bits per heavy atom. The van der Waals surface area contributed by atoms with E-state index in [9.17, 15) is 19.7 Å². The SMILES string of the molecule is Cc1noc(C)c1CN1C(=O)NC(C)(c2ccc([N+](=O)[O-])cc2)C1=O. The highest BCUT2D eigenvalue weighted by Crippen LogP contribution is 2.31. The average molecular weight is 344 g/mol. The molecule has 2 heterocycles. The van der Waals surface area contributed by atoms with Crippen molar-refractivity contribution in [1.82, 2.24) is 15.4 Å². The zero-order valence-electron chi connectivity index (χ0n) is 13.9. The lowest BCUT2D eigenvalue weighted by Crippen LogP contribution is -2.40. The normalized spacial score (nSPS) is 20.0. The van der Waals surface area contributed by atoms with Crippen LogP contribution < -0.4 is 5.32 Å². The minimum atomic E-state index is -1.29. The molecule has 25 heavy (non-hydrogen) atoms. The van der Waals surface area contributed by atoms with E-state index in [1.807, 2.05) is 0 Å². The van der Waals surface area contributed by atoms with E-state index in [1.54, 1.807) is 20.8 Å². The van der Waals surface area contributed by atoms with Crippen LogP contribution in [0.5, 0.6) is 0 Å². The Labute approximate surface area is 142 Å². The van der Waals surface area contributed by atoms with Crippen molar-refractivity contribution in [3.05, 3.63) is 57.0 Å². The zero-order chi connectivity index (χ0) is 18.4. The number of urea groups is 1. The van der Waals surface area contributed by atoms with Gasteiger partial charge in [0.15, 0.2) is 0 Å². The monoisotopic (exact) mass is 344 g/mol. The van der Waals surface area contributed by atoms with Crippen LogP contribution >= 0.6 is 0 Å². The molecule has 1 saturated heterocycles. The summed E-state index contributed by atoms with van der Waals surface area (Å²) >= 11 is 0. The molecule has 1 fully saturated rings. The Bertz CT molecular complexity index is 854. The summed E-state index contributed by atoms with van der Waals surface area (Å²) in [4.78, 5) is 36.5. The number of hydrogen-bond donors (Lipinski definition) is 1. The Morgan fingerprint density at radius 2 is 1.92 bits per heavy atom. The van der Waals surface area contributed by atoms with Gasteiger partial charge in [-0.3, -0.25) is 19.8 Å². The average Bonchev–Trinajstić information content (AvgIpc) is 3.00. The van der Waals surface area contributed by atoms with Gasteiger partial charge in [0.05, 0.1) is 17.2 Å². The van der Waals surface area contributed by atoms with Crippen LogP contribution in [0.15, 0.2) is 28.8 Å². The van der Waals surface area contributed by atoms with Crippen LogP contribution in [0.25, 0.3) is 0 Å². The quantitative estimate of drug-likeness (QED) is 0.516. The number of aryl methyl sites for hydroxylation is 2. The van der Waals surface area contributed by atoms with Gasteiger partial charge < -0.3 is 9.84 Å². The maximum absolute atomic E-state index is 12.9. The topological polar surface area (TPSA) is 119 Å². The molecule has 0 spiro atoms. The smallest absolute Gasteiger partial charge is 0.325 e. The molecule has 1 aliphatic rings. The number of nitro groups is 1. The number of rotatable bonds is 4. The minimum absolute atomic E-state index is 0.0500. The highest BCUT2D eigenvalue weighted by atomic mass is 16.6. The highest BCUT2D eigenvalue weighted by molar-refractivity contribution is 6.07. The molecule has 0 bridgehead atoms. The largest absolute Gasteiger partial charge is 0.361 e. The number of carbonyl (C=O) groups excluding carboxylic acids is 2. The van der Waals surface area contributed by atoms with Crippen molar-refractivity contribution in [2.24, 2.45) is 0 Å². The van der Waals surface area contributed by atoms with E-state index in [4.69, 9.17) is 4.52 Å². The molecule has 1 aliphatic heterocycles. The van der Waals surface area contributed by atoms with E-state index in [0.29, 0.717) is 22.6 Å². The zero-order valence-corrected chi connectivity index (χ0v) is 13.9. The van der Waals surface area contributed by atoms with Gasteiger partial charge in [-0.05, 0) is 38.5 Å². The fourth-order valence-electron chi connectivity index (χ4n) is 2.84. The lowest BCUT2D eigenvalue weighted by molar-refractivity contribution is -0.384. The molecule has 1 atom stereocenters. The number of imide groups is 1. The van der Waals surface area contributed by atoms with Gasteiger partial charge in [0, 0.05) is 17.7 Å². The molecule has 130 valence electrons. The molecule has 0 radical (unpaired) electrons. The summed E-state index contributed by atoms with van der Waals surface area (Å²) in [5, 5.41) is 17.3. The second-order valence-corrected chi connectivity index (χ2v) is 6.05. The van der Waals surface area contributed by atoms with E-state index in [1.165, 1.54) is 24.3 Å². The van der Waals surface area contributed by atoms with Crippen molar-refractivity contribution < 1.29 is 19.0 Å². The fourth-order valence-corrected chi connectivity index (χ4v) is 2.84. The lowest BCUT2D eigenvalue weighted by Gasteiger charge is -2.22. The van der Waals surface area contributed by atoms with Crippen LogP contribution in [0.2, 0.25) is 0 Å². The number of benzene rings is 1. The van der Waals surface area contributed by atoms with Crippen molar-refractivity contribution in [1.29, 1.82) is 0 Å². The van der Waals surface area contributed by atoms with E-state index in [0.717, 1.165) is 4.90 Å². The van der Waals surface area contributed by atoms with Crippen molar-refractivity contribution >= 4 is 17.6 Å². The summed E-state index contributed by atoms with van der Waals surface area (Å²) in [6, 6.07) is 5.00. The molecule has 1 unspecified atom stereocenters. The van der Waals surface area contributed by atoms with Gasteiger partial charge in [0.2, 0.25) is 0 Å². The summed E-state index contributed by atoms with van der Waals surface area (Å²) in [5.74, 6) is 0.105. The molecule has 3 amide bonds. The van der Waals surface area contributed by atoms with Crippen LogP contribution in [-0.2, 0) is 16.9 Å². The van der Waals surface area contributed by atoms with Gasteiger partial charge in [-0.15, -0.1) is 0 Å². The molecule has 1 aromatic carbocycles. The minimum Gasteiger partial charge on any atom is -0.361 e. The number of nitrogens with one attached hydrogen (secondary N) is 1. The summed E-state index contributed by atoms with van der Waals surface area (Å²) in [6.07, 6.45) is 0. The predicted molar refractivity (Wildman–Crippen MR) is 85.5 cm³/mol. The third kappa shape index (κ3) is 2.63. The van der Waals surface area contributed by atoms with Gasteiger partial charge >= 0.3 is 6.03 Å². The van der Waals surface area contributed by atoms with Crippen LogP contribution in [0.1, 0.15) is 29.5 Å². The van der Waals surface area contributed by atoms with Gasteiger partial charge in [-0.1, -0.05) is 5.16 Å². The van der Waals surface area contributed by atoms with Gasteiger partial charge in [0.1, 0.15) is 11.3 Å². The molecule has 9 nitrogen and oxygen atoms in total. The second-order valence-electron chi connectivity index (χ2n) is 6.05. The van der Waals surface area contributed by atoms with E-state index >= 15 is 0 Å². The summed E-state index contributed by atoms with van der Waals surface area (Å²) in [7, 11) is 0. The van der Waals surface area contributed by atoms with Crippen molar-refractivity contribution in [2.75, 3.05) is 0 Å². The highest BCUT2D eigenvalue weighted by Gasteiger charge is 2.49. The Kier molecular flexibility index (Phi) is 3.78. The first kappa shape index (κ1) is 16.6. The summed E-state index contributed by atoms with van der Waals surface area (Å²) in [6.45, 7) is 5.07. The Balaban J connectivity index is 1.90. The van der Waals surface area contributed by atoms with Crippen LogP contribution in [0, 0.1) is 24.0 Å². The predicted octanol–water partition coefficient (Wildman–Crippen LogP) is 2.17. The van der Waals surface area contributed by atoms with Crippen molar-refractivity contribution in [2.45, 2.75) is 32.9 Å². The number of non-ortho nitro benzene ring substituents is 1. The van der Waals surface area contributed by atoms with Gasteiger partial charge in [-0.25, -0.2) is 4.79 Å². The van der Waals surface area contributed by atoms with E-state index < -0.39 is 22.4 Å². The number of hydrogen-bond acceptors (Lipinski definition) is 6. The molecular formula is C16H16N4O5. The molecule has 2 aromatic rings. The van der Waals surface area contributed by atoms with Gasteiger partial charge in [0.25, 0.3) is 11.6 Å². The van der Waals surface area contributed by atoms with Crippen LogP contribution in [-0.4, -0.2) is 26.9 Å². The third-order valence-electron chi connectivity index (χ3n) is 4.43. The Morgan fingerprint density at radius 3 is 2.44 bits per heavy atom. The van der Waals surface area contributed by atoms with Crippen molar-refractivity contribution in [3.8, 4) is 0 Å². The number of amides is 3. The Hall–Kier alpha value is -3.23. The molecule has 3 rings (SSSR count). The van der Waals surface area contributed by atoms with Crippen LogP contribution in [0.4, 0.5) is 10.5 Å². The molecular weight excluding hydrogens is 328 g/mol. The number of nitro benzene ring substituents is 1. The molecule has 9 heteroatoms.